The predicted octanol–water partition coefficient (Wildman–Crippen LogP) is 19.8. The largest absolute Gasteiger partial charge is 0.355 e. The van der Waals surface area contributed by atoms with Gasteiger partial charge in [-0.05, 0) is 241 Å². The van der Waals surface area contributed by atoms with Crippen LogP contribution in [0.2, 0.25) is 0 Å². The van der Waals surface area contributed by atoms with E-state index in [1.54, 1.807) is 22.3 Å². The van der Waals surface area contributed by atoms with Crippen molar-refractivity contribution in [2.45, 2.75) is 225 Å². The van der Waals surface area contributed by atoms with Gasteiger partial charge in [-0.25, -0.2) is 9.97 Å². The first-order valence-corrected chi connectivity index (χ1v) is 30.7. The lowest BCUT2D eigenvalue weighted by atomic mass is 9.65. The van der Waals surface area contributed by atoms with Crippen LogP contribution >= 0.6 is 0 Å². The number of hydrogen-bond acceptors (Lipinski definition) is 2. The van der Waals surface area contributed by atoms with Crippen molar-refractivity contribution >= 4 is 44.4 Å². The molecule has 2 N–H and O–H groups in total. The van der Waals surface area contributed by atoms with Crippen LogP contribution in [0.15, 0.2) is 24.3 Å². The van der Waals surface area contributed by atoms with Crippen molar-refractivity contribution in [3.05, 3.63) is 69.3 Å². The molecule has 4 heteroatoms. The van der Waals surface area contributed by atoms with E-state index in [9.17, 15) is 0 Å². The fourth-order valence-electron chi connectivity index (χ4n) is 17.1. The summed E-state index contributed by atoms with van der Waals surface area (Å²) >= 11 is 0. The summed E-state index contributed by atoms with van der Waals surface area (Å²) in [6, 6.07) is 10.3. The van der Waals surface area contributed by atoms with Gasteiger partial charge in [0.25, 0.3) is 0 Å². The second-order valence-corrected chi connectivity index (χ2v) is 27.0. The molecule has 3 aromatic rings. The summed E-state index contributed by atoms with van der Waals surface area (Å²) in [7, 11) is 0. The van der Waals surface area contributed by atoms with E-state index in [0.29, 0.717) is 82.9 Å². The molecule has 394 valence electrons. The van der Waals surface area contributed by atoms with Gasteiger partial charge in [0.05, 0.1) is 22.8 Å². The van der Waals surface area contributed by atoms with Crippen molar-refractivity contribution in [3.8, 4) is 0 Å². The molecule has 0 saturated heterocycles. The van der Waals surface area contributed by atoms with Crippen molar-refractivity contribution in [1.82, 2.24) is 19.9 Å². The lowest BCUT2D eigenvalue weighted by molar-refractivity contribution is 0.185. The Morgan fingerprint density at radius 2 is 0.708 bits per heavy atom. The number of H-pyrrole nitrogens is 2. The number of aryl methyl sites for hydroxylation is 2. The van der Waals surface area contributed by atoms with Gasteiger partial charge in [-0.1, -0.05) is 136 Å². The number of nitrogens with zero attached hydrogens (tertiary/aromatic N) is 2. The Balaban J connectivity index is 1.46. The van der Waals surface area contributed by atoms with Crippen molar-refractivity contribution < 1.29 is 0 Å². The minimum Gasteiger partial charge on any atom is -0.355 e. The van der Waals surface area contributed by atoms with E-state index in [1.807, 2.05) is 0 Å². The summed E-state index contributed by atoms with van der Waals surface area (Å²) in [4.78, 5) is 20.7. The van der Waals surface area contributed by atoms with Crippen molar-refractivity contribution in [1.29, 1.82) is 0 Å². The molecule has 12 atom stereocenters. The first-order chi connectivity index (χ1) is 34.5. The van der Waals surface area contributed by atoms with Gasteiger partial charge in [0, 0.05) is 22.1 Å². The Morgan fingerprint density at radius 1 is 0.389 bits per heavy atom. The molecule has 4 nitrogen and oxygen atoms in total. The third-order valence-electron chi connectivity index (χ3n) is 20.8. The highest BCUT2D eigenvalue weighted by Gasteiger charge is 2.41. The SMILES string of the molecule is CCC1=C(C2CC(C)CCC2C(C)C)c2cc3nc(cc4[nH]c(cc5[nH]c(cc1n2)c(CC)c5C1CC(C)CCC1C(C)C)c(C1CC(C)CCC1C(C)C)c4CC)C(C1CC(C)CCC1C(C)C)=C3CC. The van der Waals surface area contributed by atoms with Crippen molar-refractivity contribution in [2.24, 2.45) is 82.9 Å². The summed E-state index contributed by atoms with van der Waals surface area (Å²) in [5.74, 6) is 10.0. The number of nitrogens with one attached hydrogen (secondary N) is 2. The van der Waals surface area contributed by atoms with Gasteiger partial charge < -0.3 is 9.97 Å². The summed E-state index contributed by atoms with van der Waals surface area (Å²) in [6.45, 7) is 39.9. The molecule has 4 saturated carbocycles. The molecule has 5 heterocycles. The Labute approximate surface area is 439 Å². The van der Waals surface area contributed by atoms with Gasteiger partial charge in [0.2, 0.25) is 0 Å². The Kier molecular flexibility index (Phi) is 16.4. The molecular formula is C68H102N4. The highest BCUT2D eigenvalue weighted by Crippen LogP contribution is 2.54. The molecule has 6 aliphatic rings. The molecule has 72 heavy (non-hydrogen) atoms. The maximum absolute atomic E-state index is 6.00. The molecule has 8 bridgehead atoms. The topological polar surface area (TPSA) is 57.4 Å². The zero-order valence-electron chi connectivity index (χ0n) is 48.8. The lowest BCUT2D eigenvalue weighted by Gasteiger charge is -2.39. The summed E-state index contributed by atoms with van der Waals surface area (Å²) in [5.41, 5.74) is 22.5. The number of aromatic amines is 2. The number of fused-ring (bicyclic) bond motifs is 8. The number of aromatic nitrogens is 4. The fourth-order valence-corrected chi connectivity index (χ4v) is 17.1. The number of hydrogen-bond donors (Lipinski definition) is 2. The monoisotopic (exact) mass is 975 g/mol. The molecule has 0 aromatic carbocycles. The number of allylic oxidation sites excluding steroid dienone is 4. The van der Waals surface area contributed by atoms with E-state index < -0.39 is 0 Å². The maximum Gasteiger partial charge on any atom is 0.0697 e. The van der Waals surface area contributed by atoms with Crippen molar-refractivity contribution in [2.75, 3.05) is 0 Å². The molecular weight excluding hydrogens is 873 g/mol. The van der Waals surface area contributed by atoms with Gasteiger partial charge >= 0.3 is 0 Å². The average Bonchev–Trinajstić information content (AvgIpc) is 4.07. The van der Waals surface area contributed by atoms with E-state index >= 15 is 0 Å². The fraction of sp³-hybridized carbons (Fsp3) is 0.706. The molecule has 3 aromatic heterocycles. The molecule has 0 radical (unpaired) electrons. The molecule has 9 rings (SSSR count). The number of rotatable bonds is 12. The van der Waals surface area contributed by atoms with E-state index in [0.717, 1.165) is 37.5 Å². The molecule has 0 spiro atoms. The highest BCUT2D eigenvalue weighted by atomic mass is 14.8. The molecule has 2 aliphatic heterocycles. The van der Waals surface area contributed by atoms with E-state index in [-0.39, 0.29) is 0 Å². The zero-order chi connectivity index (χ0) is 51.4. The predicted molar refractivity (Wildman–Crippen MR) is 312 cm³/mol. The van der Waals surface area contributed by atoms with Crippen LogP contribution in [0.4, 0.5) is 0 Å². The normalized spacial score (nSPS) is 30.7. The maximum atomic E-state index is 6.00. The van der Waals surface area contributed by atoms with Gasteiger partial charge in [0.1, 0.15) is 0 Å². The van der Waals surface area contributed by atoms with Gasteiger partial charge in [-0.15, -0.1) is 0 Å². The zero-order valence-corrected chi connectivity index (χ0v) is 48.8. The minimum absolute atomic E-state index is 0.491. The first kappa shape index (κ1) is 53.4. The standard InChI is InChI=1S/C68H102N4/c1-17-45-57-33-58-46(18-2)67(55-31-43(15)23-27-51(55)39(9)10)63(70-58)36-64-68(56-32-44(16)24-28-52(56)40(11)12)48(20-4)60(72-64)35-62-66(54-30-42(14)22-26-50(54)38(7)8)47(19-3)59(71-62)34-61(69-57)65(45)53-29-41(13)21-25-49(53)37(5)6/h33-44,49-56,70,72H,17-32H2,1-16H3. The first-order valence-electron chi connectivity index (χ1n) is 30.7. The quantitative estimate of drug-likeness (QED) is 0.190. The van der Waals surface area contributed by atoms with E-state index in [4.69, 9.17) is 9.97 Å². The summed E-state index contributed by atoms with van der Waals surface area (Å²) < 4.78 is 0. The molecule has 0 amide bonds. The third-order valence-corrected chi connectivity index (χ3v) is 20.8. The highest BCUT2D eigenvalue weighted by molar-refractivity contribution is 5.97. The molecule has 12 unspecified atom stereocenters. The summed E-state index contributed by atoms with van der Waals surface area (Å²) in [5, 5.41) is 0. The van der Waals surface area contributed by atoms with Crippen LogP contribution in [0, 0.1) is 82.9 Å². The van der Waals surface area contributed by atoms with E-state index in [2.05, 4.69) is 145 Å². The minimum atomic E-state index is 0.491. The van der Waals surface area contributed by atoms with Gasteiger partial charge in [0.15, 0.2) is 0 Å². The van der Waals surface area contributed by atoms with Crippen LogP contribution in [-0.2, 0) is 12.8 Å². The Hall–Kier alpha value is -3.40. The van der Waals surface area contributed by atoms with Crippen LogP contribution < -0.4 is 0 Å². The summed E-state index contributed by atoms with van der Waals surface area (Å²) in [6.07, 6.45) is 19.6. The smallest absolute Gasteiger partial charge is 0.0697 e. The van der Waals surface area contributed by atoms with Gasteiger partial charge in [-0.3, -0.25) is 0 Å². The molecule has 4 aliphatic carbocycles. The van der Waals surface area contributed by atoms with Crippen molar-refractivity contribution in [3.63, 3.8) is 0 Å². The van der Waals surface area contributed by atoms with Gasteiger partial charge in [-0.2, -0.15) is 0 Å². The van der Waals surface area contributed by atoms with Crippen LogP contribution in [-0.4, -0.2) is 19.9 Å². The Bertz CT molecular complexity index is 2640. The van der Waals surface area contributed by atoms with E-state index in [1.165, 1.54) is 144 Å². The molecule has 4 fully saturated rings. The second kappa shape index (κ2) is 22.1. The van der Waals surface area contributed by atoms with Crippen LogP contribution in [0.25, 0.3) is 44.4 Å². The van der Waals surface area contributed by atoms with Crippen LogP contribution in [0.1, 0.15) is 258 Å². The van der Waals surface area contributed by atoms with Crippen LogP contribution in [0.5, 0.6) is 0 Å². The third kappa shape index (κ3) is 10.1. The lowest BCUT2D eigenvalue weighted by Crippen LogP contribution is -2.28. The average molecular weight is 976 g/mol. The Morgan fingerprint density at radius 3 is 1.06 bits per heavy atom. The van der Waals surface area contributed by atoms with Crippen LogP contribution in [0.3, 0.4) is 0 Å². The second-order valence-electron chi connectivity index (χ2n) is 27.0.